The number of nitrogens with zero attached hydrogens (tertiary/aromatic N) is 1. The van der Waals surface area contributed by atoms with Crippen LogP contribution in [0.15, 0.2) is 30.3 Å². The van der Waals surface area contributed by atoms with Gasteiger partial charge >= 0.3 is 0 Å². The first-order valence-electron chi connectivity index (χ1n) is 5.70. The molecule has 0 aliphatic rings. The Morgan fingerprint density at radius 3 is 1.94 bits per heavy atom. The van der Waals surface area contributed by atoms with E-state index in [2.05, 4.69) is 17.0 Å². The molecule has 16 heavy (non-hydrogen) atoms. The maximum atomic E-state index is 9.39. The molecule has 0 saturated heterocycles. The summed E-state index contributed by atoms with van der Waals surface area (Å²) in [5.74, 6) is 0. The molecule has 0 aliphatic heterocycles. The van der Waals surface area contributed by atoms with Crippen molar-refractivity contribution < 1.29 is 10.2 Å². The Kier molecular flexibility index (Phi) is 5.46. The zero-order valence-corrected chi connectivity index (χ0v) is 10.0. The molecule has 1 aromatic carbocycles. The summed E-state index contributed by atoms with van der Waals surface area (Å²) >= 11 is 0. The Bertz CT molecular complexity index is 275. The molecule has 2 atom stereocenters. The fraction of sp³-hybridized carbons (Fsp3) is 0.538. The Morgan fingerprint density at radius 1 is 1.00 bits per heavy atom. The molecule has 2 N–H and O–H groups in total. The molecular weight excluding hydrogens is 202 g/mol. The fourth-order valence-corrected chi connectivity index (χ4v) is 1.79. The number of hydrogen-bond acceptors (Lipinski definition) is 3. The minimum absolute atomic E-state index is 0.373. The van der Waals surface area contributed by atoms with Crippen LogP contribution in [-0.2, 0) is 6.54 Å². The second kappa shape index (κ2) is 6.63. The molecular formula is C13H21NO2. The van der Waals surface area contributed by atoms with E-state index in [-0.39, 0.29) is 12.2 Å². The lowest BCUT2D eigenvalue weighted by Crippen LogP contribution is -2.35. The molecule has 0 aliphatic carbocycles. The molecule has 0 saturated carbocycles. The SMILES string of the molecule is CC(O)CN(Cc1ccccc1)CC(C)O. The van der Waals surface area contributed by atoms with Crippen LogP contribution >= 0.6 is 0 Å². The van der Waals surface area contributed by atoms with E-state index in [9.17, 15) is 10.2 Å². The molecule has 1 aromatic rings. The highest BCUT2D eigenvalue weighted by atomic mass is 16.3. The molecule has 1 rings (SSSR count). The van der Waals surface area contributed by atoms with Crippen LogP contribution in [0, 0.1) is 0 Å². The number of hydrogen-bond donors (Lipinski definition) is 2. The van der Waals surface area contributed by atoms with Gasteiger partial charge in [-0.3, -0.25) is 4.90 Å². The zero-order chi connectivity index (χ0) is 12.0. The largest absolute Gasteiger partial charge is 0.392 e. The first-order valence-corrected chi connectivity index (χ1v) is 5.70. The lowest BCUT2D eigenvalue weighted by atomic mass is 10.2. The third-order valence-electron chi connectivity index (χ3n) is 2.29. The van der Waals surface area contributed by atoms with Gasteiger partial charge in [-0.2, -0.15) is 0 Å². The lowest BCUT2D eigenvalue weighted by Gasteiger charge is -2.25. The first-order chi connectivity index (χ1) is 7.58. The van der Waals surface area contributed by atoms with Crippen molar-refractivity contribution in [2.24, 2.45) is 0 Å². The van der Waals surface area contributed by atoms with E-state index >= 15 is 0 Å². The van der Waals surface area contributed by atoms with Crippen molar-refractivity contribution >= 4 is 0 Å². The van der Waals surface area contributed by atoms with Gasteiger partial charge in [0.1, 0.15) is 0 Å². The van der Waals surface area contributed by atoms with E-state index in [1.165, 1.54) is 5.56 Å². The van der Waals surface area contributed by atoms with Gasteiger partial charge in [-0.05, 0) is 19.4 Å². The minimum Gasteiger partial charge on any atom is -0.392 e. The van der Waals surface area contributed by atoms with Gasteiger partial charge in [0.05, 0.1) is 12.2 Å². The van der Waals surface area contributed by atoms with Gasteiger partial charge in [0.15, 0.2) is 0 Å². The number of aliphatic hydroxyl groups is 2. The molecule has 0 aromatic heterocycles. The van der Waals surface area contributed by atoms with E-state index < -0.39 is 0 Å². The van der Waals surface area contributed by atoms with Crippen LogP contribution in [0.1, 0.15) is 19.4 Å². The minimum atomic E-state index is -0.373. The summed E-state index contributed by atoms with van der Waals surface area (Å²) in [5.41, 5.74) is 1.20. The molecule has 0 heterocycles. The lowest BCUT2D eigenvalue weighted by molar-refractivity contribution is 0.0794. The number of aliphatic hydroxyl groups excluding tert-OH is 2. The van der Waals surface area contributed by atoms with Gasteiger partial charge in [0, 0.05) is 19.6 Å². The van der Waals surface area contributed by atoms with Crippen molar-refractivity contribution in [2.75, 3.05) is 13.1 Å². The average Bonchev–Trinajstić information content (AvgIpc) is 2.16. The van der Waals surface area contributed by atoms with Gasteiger partial charge < -0.3 is 10.2 Å². The highest BCUT2D eigenvalue weighted by Gasteiger charge is 2.11. The predicted molar refractivity (Wildman–Crippen MR) is 65.1 cm³/mol. The van der Waals surface area contributed by atoms with Crippen molar-refractivity contribution in [3.8, 4) is 0 Å². The summed E-state index contributed by atoms with van der Waals surface area (Å²) in [5, 5.41) is 18.8. The van der Waals surface area contributed by atoms with E-state index in [0.29, 0.717) is 13.1 Å². The van der Waals surface area contributed by atoms with Gasteiger partial charge in [-0.25, -0.2) is 0 Å². The van der Waals surface area contributed by atoms with Crippen molar-refractivity contribution in [2.45, 2.75) is 32.6 Å². The van der Waals surface area contributed by atoms with Crippen molar-refractivity contribution in [3.05, 3.63) is 35.9 Å². The van der Waals surface area contributed by atoms with E-state index in [1.54, 1.807) is 13.8 Å². The Balaban J connectivity index is 2.56. The second-order valence-electron chi connectivity index (χ2n) is 4.38. The van der Waals surface area contributed by atoms with Crippen LogP contribution in [0.25, 0.3) is 0 Å². The predicted octanol–water partition coefficient (Wildman–Crippen LogP) is 1.25. The molecule has 0 bridgehead atoms. The monoisotopic (exact) mass is 223 g/mol. The van der Waals surface area contributed by atoms with Crippen LogP contribution in [0.5, 0.6) is 0 Å². The van der Waals surface area contributed by atoms with Crippen molar-refractivity contribution in [1.29, 1.82) is 0 Å². The van der Waals surface area contributed by atoms with Crippen LogP contribution in [0.2, 0.25) is 0 Å². The van der Waals surface area contributed by atoms with Gasteiger partial charge in [-0.15, -0.1) is 0 Å². The fourth-order valence-electron chi connectivity index (χ4n) is 1.79. The zero-order valence-electron chi connectivity index (χ0n) is 10.0. The van der Waals surface area contributed by atoms with Gasteiger partial charge in [-0.1, -0.05) is 30.3 Å². The van der Waals surface area contributed by atoms with E-state index in [1.807, 2.05) is 18.2 Å². The summed E-state index contributed by atoms with van der Waals surface area (Å²) in [6.07, 6.45) is -0.745. The summed E-state index contributed by atoms with van der Waals surface area (Å²) in [7, 11) is 0. The Hall–Kier alpha value is -0.900. The van der Waals surface area contributed by atoms with Gasteiger partial charge in [0.25, 0.3) is 0 Å². The number of rotatable bonds is 6. The quantitative estimate of drug-likeness (QED) is 0.763. The smallest absolute Gasteiger partial charge is 0.0639 e. The van der Waals surface area contributed by atoms with Crippen LogP contribution < -0.4 is 0 Å². The van der Waals surface area contributed by atoms with Gasteiger partial charge in [0.2, 0.25) is 0 Å². The van der Waals surface area contributed by atoms with Crippen LogP contribution in [0.3, 0.4) is 0 Å². The molecule has 0 fully saturated rings. The normalized spacial score (nSPS) is 15.1. The first kappa shape index (κ1) is 13.2. The van der Waals surface area contributed by atoms with Crippen molar-refractivity contribution in [1.82, 2.24) is 4.90 Å². The summed E-state index contributed by atoms with van der Waals surface area (Å²) in [6.45, 7) is 5.45. The Morgan fingerprint density at radius 2 is 1.50 bits per heavy atom. The maximum absolute atomic E-state index is 9.39. The molecule has 0 amide bonds. The van der Waals surface area contributed by atoms with Crippen molar-refractivity contribution in [3.63, 3.8) is 0 Å². The standard InChI is InChI=1S/C13H21NO2/c1-11(15)8-14(9-12(2)16)10-13-6-4-3-5-7-13/h3-7,11-12,15-16H,8-10H2,1-2H3. The highest BCUT2D eigenvalue weighted by molar-refractivity contribution is 5.14. The highest BCUT2D eigenvalue weighted by Crippen LogP contribution is 2.06. The summed E-state index contributed by atoms with van der Waals surface area (Å²) in [6, 6.07) is 10.1. The number of benzene rings is 1. The van der Waals surface area contributed by atoms with Crippen LogP contribution in [-0.4, -0.2) is 40.4 Å². The topological polar surface area (TPSA) is 43.7 Å². The summed E-state index contributed by atoms with van der Waals surface area (Å²) < 4.78 is 0. The third-order valence-corrected chi connectivity index (χ3v) is 2.29. The molecule has 3 heteroatoms. The Labute approximate surface area is 97.3 Å². The maximum Gasteiger partial charge on any atom is 0.0639 e. The molecule has 0 spiro atoms. The van der Waals surface area contributed by atoms with E-state index in [4.69, 9.17) is 0 Å². The molecule has 0 radical (unpaired) electrons. The average molecular weight is 223 g/mol. The third kappa shape index (κ3) is 5.26. The second-order valence-corrected chi connectivity index (χ2v) is 4.38. The molecule has 90 valence electrons. The molecule has 3 nitrogen and oxygen atoms in total. The molecule has 2 unspecified atom stereocenters. The summed E-state index contributed by atoms with van der Waals surface area (Å²) in [4.78, 5) is 2.06. The van der Waals surface area contributed by atoms with Crippen LogP contribution in [0.4, 0.5) is 0 Å². The van der Waals surface area contributed by atoms with E-state index in [0.717, 1.165) is 6.54 Å².